The molecule has 1 heterocycles. The van der Waals surface area contributed by atoms with Gasteiger partial charge in [-0.2, -0.15) is 0 Å². The van der Waals surface area contributed by atoms with E-state index < -0.39 is 36.1 Å². The van der Waals surface area contributed by atoms with Gasteiger partial charge in [-0.1, -0.05) is 0 Å². The topological polar surface area (TPSA) is 93.5 Å². The van der Waals surface area contributed by atoms with E-state index in [1.807, 2.05) is 0 Å². The molecule has 0 aromatic carbocycles. The highest BCUT2D eigenvalue weighted by atomic mass is 16.6. The van der Waals surface area contributed by atoms with Crippen LogP contribution in [0.4, 0.5) is 0 Å². The summed E-state index contributed by atoms with van der Waals surface area (Å²) in [6, 6.07) is 0. The van der Waals surface area contributed by atoms with E-state index in [1.54, 1.807) is 0 Å². The van der Waals surface area contributed by atoms with Gasteiger partial charge >= 0.3 is 0 Å². The van der Waals surface area contributed by atoms with Gasteiger partial charge in [0.05, 0.1) is 0 Å². The summed E-state index contributed by atoms with van der Waals surface area (Å²) in [5.74, 6) is 0. The van der Waals surface area contributed by atoms with Gasteiger partial charge in [0.1, 0.15) is 36.1 Å². The second-order valence-electron chi connectivity index (χ2n) is 3.67. The molecule has 0 spiro atoms. The van der Waals surface area contributed by atoms with Gasteiger partial charge < -0.3 is 25.2 Å². The molecule has 2 aliphatic rings. The minimum Gasteiger partial charge on any atom is -0.387 e. The van der Waals surface area contributed by atoms with Crippen molar-refractivity contribution < 1.29 is 25.2 Å². The molecule has 0 radical (unpaired) electrons. The first-order valence-electron chi connectivity index (χ1n) is 3.88. The number of aliphatic hydroxyl groups is 4. The van der Waals surface area contributed by atoms with Crippen molar-refractivity contribution in [3.63, 3.8) is 0 Å². The molecule has 2 fully saturated rings. The minimum atomic E-state index is -1.68. The van der Waals surface area contributed by atoms with Crippen molar-refractivity contribution in [1.82, 2.24) is 0 Å². The molecule has 6 atom stereocenters. The second kappa shape index (κ2) is 2.18. The summed E-state index contributed by atoms with van der Waals surface area (Å²) in [7, 11) is 0. The molecular weight excluding hydrogens is 164 g/mol. The van der Waals surface area contributed by atoms with Crippen LogP contribution < -0.4 is 0 Å². The molecule has 0 aromatic heterocycles. The van der Waals surface area contributed by atoms with E-state index in [0.717, 1.165) is 0 Å². The zero-order chi connectivity index (χ0) is 9.09. The Labute approximate surface area is 69.2 Å². The highest BCUT2D eigenvalue weighted by Crippen LogP contribution is 2.41. The maximum absolute atomic E-state index is 9.54. The van der Waals surface area contributed by atoms with Crippen LogP contribution in [0.25, 0.3) is 0 Å². The lowest BCUT2D eigenvalue weighted by Gasteiger charge is -2.38. The van der Waals surface area contributed by atoms with Crippen molar-refractivity contribution in [2.45, 2.75) is 43.0 Å². The van der Waals surface area contributed by atoms with E-state index >= 15 is 0 Å². The highest BCUT2D eigenvalue weighted by Gasteiger charge is 2.64. The van der Waals surface area contributed by atoms with Gasteiger partial charge in [-0.3, -0.25) is 0 Å². The molecule has 1 aliphatic carbocycles. The first kappa shape index (κ1) is 8.40. The number of hydrogen-bond acceptors (Lipinski definition) is 5. The Morgan fingerprint density at radius 1 is 1.08 bits per heavy atom. The zero-order valence-corrected chi connectivity index (χ0v) is 6.58. The van der Waals surface area contributed by atoms with Crippen molar-refractivity contribution in [3.05, 3.63) is 0 Å². The molecular formula is C7H12O5. The third-order valence-corrected chi connectivity index (χ3v) is 2.73. The lowest BCUT2D eigenvalue weighted by molar-refractivity contribution is -0.181. The number of ether oxygens (including phenoxy) is 1. The quantitative estimate of drug-likeness (QED) is 0.309. The normalized spacial score (nSPS) is 64.2. The fraction of sp³-hybridized carbons (Fsp3) is 1.00. The highest BCUT2D eigenvalue weighted by molar-refractivity contribution is 5.13. The molecule has 4 N–H and O–H groups in total. The minimum absolute atomic E-state index is 0.518. The SMILES string of the molecule is C[C@]1(O)[C@H](O)[C@@H]2O[C@@H]2[C@H](O)[C@@H]1O. The van der Waals surface area contributed by atoms with Crippen LogP contribution in [0.5, 0.6) is 0 Å². The molecule has 0 aromatic rings. The predicted octanol–water partition coefficient (Wildman–Crippen LogP) is -2.40. The van der Waals surface area contributed by atoms with Crippen molar-refractivity contribution in [3.8, 4) is 0 Å². The Balaban J connectivity index is 2.24. The van der Waals surface area contributed by atoms with Crippen molar-refractivity contribution in [2.24, 2.45) is 0 Å². The van der Waals surface area contributed by atoms with E-state index in [9.17, 15) is 20.4 Å². The summed E-state index contributed by atoms with van der Waals surface area (Å²) in [4.78, 5) is 0. The zero-order valence-electron chi connectivity index (χ0n) is 6.58. The van der Waals surface area contributed by atoms with E-state index in [0.29, 0.717) is 0 Å². The van der Waals surface area contributed by atoms with Gasteiger partial charge in [0.15, 0.2) is 0 Å². The molecule has 1 aliphatic heterocycles. The van der Waals surface area contributed by atoms with E-state index in [-0.39, 0.29) is 0 Å². The summed E-state index contributed by atoms with van der Waals surface area (Å²) in [6.07, 6.45) is -4.63. The molecule has 5 nitrogen and oxygen atoms in total. The summed E-state index contributed by atoms with van der Waals surface area (Å²) < 4.78 is 4.89. The molecule has 0 amide bonds. The molecule has 2 rings (SSSR count). The molecule has 1 saturated heterocycles. The fourth-order valence-electron chi connectivity index (χ4n) is 1.70. The molecule has 5 heteroatoms. The van der Waals surface area contributed by atoms with Crippen LogP contribution in [-0.2, 0) is 4.74 Å². The average Bonchev–Trinajstić information content (AvgIpc) is 2.77. The van der Waals surface area contributed by atoms with Gasteiger partial charge in [-0.15, -0.1) is 0 Å². The standard InChI is InChI=1S/C7H12O5/c1-7(11)5(9)2(8)3-4(12-3)6(7)10/h2-6,8-11H,1H3/t2-,3+,4+,5-,6+,7+/m0/s1. The van der Waals surface area contributed by atoms with Crippen molar-refractivity contribution >= 4 is 0 Å². The van der Waals surface area contributed by atoms with Crippen LogP contribution in [-0.4, -0.2) is 56.5 Å². The maximum atomic E-state index is 9.54. The summed E-state index contributed by atoms with van der Waals surface area (Å²) >= 11 is 0. The fourth-order valence-corrected chi connectivity index (χ4v) is 1.70. The Kier molecular flexibility index (Phi) is 1.53. The lowest BCUT2D eigenvalue weighted by Crippen LogP contribution is -2.62. The van der Waals surface area contributed by atoms with Gasteiger partial charge in [-0.05, 0) is 6.92 Å². The van der Waals surface area contributed by atoms with Crippen LogP contribution in [0, 0.1) is 0 Å². The third kappa shape index (κ3) is 0.855. The van der Waals surface area contributed by atoms with Gasteiger partial charge in [-0.25, -0.2) is 0 Å². The first-order valence-corrected chi connectivity index (χ1v) is 3.88. The second-order valence-corrected chi connectivity index (χ2v) is 3.67. The number of epoxide rings is 1. The average molecular weight is 176 g/mol. The predicted molar refractivity (Wildman–Crippen MR) is 37.3 cm³/mol. The Morgan fingerprint density at radius 3 is 2.25 bits per heavy atom. The summed E-state index contributed by atoms with van der Waals surface area (Å²) in [6.45, 7) is 1.28. The Morgan fingerprint density at radius 2 is 1.67 bits per heavy atom. The van der Waals surface area contributed by atoms with Crippen LogP contribution >= 0.6 is 0 Å². The van der Waals surface area contributed by atoms with Crippen LogP contribution in [0.1, 0.15) is 6.92 Å². The van der Waals surface area contributed by atoms with Crippen LogP contribution in [0.15, 0.2) is 0 Å². The molecule has 1 saturated carbocycles. The number of rotatable bonds is 0. The summed E-state index contributed by atoms with van der Waals surface area (Å²) in [5, 5.41) is 37.6. The monoisotopic (exact) mass is 176 g/mol. The molecule has 0 unspecified atom stereocenters. The van der Waals surface area contributed by atoms with Gasteiger partial charge in [0, 0.05) is 0 Å². The Hall–Kier alpha value is -0.200. The van der Waals surface area contributed by atoms with Crippen molar-refractivity contribution in [2.75, 3.05) is 0 Å². The number of fused-ring (bicyclic) bond motifs is 1. The van der Waals surface area contributed by atoms with E-state index in [1.165, 1.54) is 6.92 Å². The largest absolute Gasteiger partial charge is 0.387 e. The summed E-state index contributed by atoms with van der Waals surface area (Å²) in [5.41, 5.74) is -1.68. The maximum Gasteiger partial charge on any atom is 0.119 e. The molecule has 12 heavy (non-hydrogen) atoms. The van der Waals surface area contributed by atoms with E-state index in [2.05, 4.69) is 0 Å². The van der Waals surface area contributed by atoms with Gasteiger partial charge in [0.2, 0.25) is 0 Å². The third-order valence-electron chi connectivity index (χ3n) is 2.73. The van der Waals surface area contributed by atoms with Crippen molar-refractivity contribution in [1.29, 1.82) is 0 Å². The molecule has 70 valence electrons. The van der Waals surface area contributed by atoms with E-state index in [4.69, 9.17) is 4.74 Å². The van der Waals surface area contributed by atoms with Crippen LogP contribution in [0.3, 0.4) is 0 Å². The first-order chi connectivity index (χ1) is 5.46. The lowest BCUT2D eigenvalue weighted by atomic mass is 9.79. The number of aliphatic hydroxyl groups excluding tert-OH is 3. The molecule has 0 bridgehead atoms. The smallest absolute Gasteiger partial charge is 0.119 e. The van der Waals surface area contributed by atoms with Gasteiger partial charge in [0.25, 0.3) is 0 Å². The number of hydrogen-bond donors (Lipinski definition) is 4. The van der Waals surface area contributed by atoms with Crippen LogP contribution in [0.2, 0.25) is 0 Å². The Bertz CT molecular complexity index is 204.